The Balaban J connectivity index is 2.30. The van der Waals surface area contributed by atoms with Crippen molar-refractivity contribution in [3.63, 3.8) is 0 Å². The molecule has 3 N–H and O–H groups in total. The summed E-state index contributed by atoms with van der Waals surface area (Å²) in [5.74, 6) is 0.477. The summed E-state index contributed by atoms with van der Waals surface area (Å²) in [6, 6.07) is 7.46. The van der Waals surface area contributed by atoms with Crippen molar-refractivity contribution in [2.24, 2.45) is 0 Å². The molecule has 0 aliphatic heterocycles. The average Bonchev–Trinajstić information content (AvgIpc) is 2.45. The summed E-state index contributed by atoms with van der Waals surface area (Å²) < 4.78 is 0. The van der Waals surface area contributed by atoms with Gasteiger partial charge >= 0.3 is 0 Å². The van der Waals surface area contributed by atoms with Crippen LogP contribution in [0.1, 0.15) is 24.1 Å². The van der Waals surface area contributed by atoms with Crippen LogP contribution in [-0.4, -0.2) is 11.5 Å². The van der Waals surface area contributed by atoms with E-state index in [0.717, 1.165) is 24.1 Å². The van der Waals surface area contributed by atoms with E-state index in [2.05, 4.69) is 10.3 Å². The maximum Gasteiger partial charge on any atom is 0.128 e. The van der Waals surface area contributed by atoms with Gasteiger partial charge in [0.05, 0.1) is 15.1 Å². The molecule has 0 spiro atoms. The van der Waals surface area contributed by atoms with Crippen molar-refractivity contribution >= 4 is 40.6 Å². The van der Waals surface area contributed by atoms with Crippen molar-refractivity contribution in [2.75, 3.05) is 12.3 Å². The van der Waals surface area contributed by atoms with Gasteiger partial charge in [-0.3, -0.25) is 0 Å². The van der Waals surface area contributed by atoms with Gasteiger partial charge in [-0.1, -0.05) is 47.8 Å². The fourth-order valence-electron chi connectivity index (χ4n) is 2.19. The first-order chi connectivity index (χ1) is 10.0. The number of likely N-dealkylation sites (N-methyl/N-ethyl adjacent to an activating group) is 1. The van der Waals surface area contributed by atoms with Crippen LogP contribution >= 0.6 is 34.8 Å². The quantitative estimate of drug-likeness (QED) is 0.838. The zero-order chi connectivity index (χ0) is 15.4. The molecule has 0 saturated heterocycles. The van der Waals surface area contributed by atoms with E-state index in [1.165, 1.54) is 0 Å². The molecular weight excluding hydrogens is 329 g/mol. The Bertz CT molecular complexity index is 632. The fourth-order valence-corrected chi connectivity index (χ4v) is 2.67. The maximum atomic E-state index is 6.07. The van der Waals surface area contributed by atoms with Gasteiger partial charge in [0, 0.05) is 17.8 Å². The van der Waals surface area contributed by atoms with Crippen molar-refractivity contribution in [1.29, 1.82) is 0 Å². The molecule has 2 rings (SSSR count). The minimum absolute atomic E-state index is 0.0124. The first-order valence-corrected chi connectivity index (χ1v) is 7.73. The van der Waals surface area contributed by atoms with Crippen molar-refractivity contribution in [3.05, 3.63) is 56.7 Å². The molecule has 0 radical (unpaired) electrons. The minimum Gasteiger partial charge on any atom is -0.383 e. The predicted molar refractivity (Wildman–Crippen MR) is 90.2 cm³/mol. The Morgan fingerprint density at radius 1 is 1.19 bits per heavy atom. The number of hydrogen-bond donors (Lipinski definition) is 2. The molecule has 0 aliphatic rings. The largest absolute Gasteiger partial charge is 0.383 e. The van der Waals surface area contributed by atoms with Crippen LogP contribution in [0.3, 0.4) is 0 Å². The highest BCUT2D eigenvalue weighted by Crippen LogP contribution is 2.28. The highest BCUT2D eigenvalue weighted by molar-refractivity contribution is 6.42. The molecule has 0 fully saturated rings. The van der Waals surface area contributed by atoms with Crippen molar-refractivity contribution in [2.45, 2.75) is 19.4 Å². The van der Waals surface area contributed by atoms with E-state index in [9.17, 15) is 0 Å². The summed E-state index contributed by atoms with van der Waals surface area (Å²) in [4.78, 5) is 4.11. The summed E-state index contributed by atoms with van der Waals surface area (Å²) in [7, 11) is 0. The zero-order valence-corrected chi connectivity index (χ0v) is 13.8. The number of nitrogens with two attached hydrogens (primary N) is 1. The lowest BCUT2D eigenvalue weighted by atomic mass is 9.99. The van der Waals surface area contributed by atoms with Gasteiger partial charge in [-0.25, -0.2) is 4.98 Å². The summed E-state index contributed by atoms with van der Waals surface area (Å²) in [5.41, 5.74) is 7.92. The normalized spacial score (nSPS) is 12.4. The van der Waals surface area contributed by atoms with Crippen LogP contribution in [0.5, 0.6) is 0 Å². The molecule has 0 saturated carbocycles. The SMILES string of the molecule is CCNC(Cc1ccc(Cl)c(Cl)c1)c1cc(Cl)cnc1N. The molecule has 1 aromatic carbocycles. The summed E-state index contributed by atoms with van der Waals surface area (Å²) >= 11 is 18.0. The second kappa shape index (κ2) is 7.32. The third-order valence-corrected chi connectivity index (χ3v) is 4.11. The minimum atomic E-state index is 0.0124. The molecule has 6 heteroatoms. The summed E-state index contributed by atoms with van der Waals surface area (Å²) in [6.07, 6.45) is 2.26. The van der Waals surface area contributed by atoms with Gasteiger partial charge in [0.25, 0.3) is 0 Å². The number of pyridine rings is 1. The fraction of sp³-hybridized carbons (Fsp3) is 0.267. The van der Waals surface area contributed by atoms with E-state index in [1.54, 1.807) is 12.3 Å². The second-order valence-electron chi connectivity index (χ2n) is 4.69. The number of nitrogen functional groups attached to an aromatic ring is 1. The van der Waals surface area contributed by atoms with E-state index in [4.69, 9.17) is 40.5 Å². The van der Waals surface area contributed by atoms with E-state index in [0.29, 0.717) is 20.9 Å². The van der Waals surface area contributed by atoms with Crippen molar-refractivity contribution in [1.82, 2.24) is 10.3 Å². The van der Waals surface area contributed by atoms with Crippen LogP contribution in [-0.2, 0) is 6.42 Å². The second-order valence-corrected chi connectivity index (χ2v) is 5.94. The summed E-state index contributed by atoms with van der Waals surface area (Å²) in [6.45, 7) is 2.84. The Morgan fingerprint density at radius 3 is 2.62 bits per heavy atom. The number of rotatable bonds is 5. The molecule has 3 nitrogen and oxygen atoms in total. The Labute approximate surface area is 139 Å². The lowest BCUT2D eigenvalue weighted by molar-refractivity contribution is 0.550. The first kappa shape index (κ1) is 16.4. The predicted octanol–water partition coefficient (Wildman–Crippen LogP) is 4.52. The molecule has 21 heavy (non-hydrogen) atoms. The smallest absolute Gasteiger partial charge is 0.128 e. The zero-order valence-electron chi connectivity index (χ0n) is 11.5. The number of anilines is 1. The van der Waals surface area contributed by atoms with Crippen LogP contribution in [0, 0.1) is 0 Å². The lowest BCUT2D eigenvalue weighted by Crippen LogP contribution is -2.24. The van der Waals surface area contributed by atoms with E-state index < -0.39 is 0 Å². The van der Waals surface area contributed by atoms with Gasteiger partial charge in [-0.05, 0) is 36.7 Å². The molecular formula is C15H16Cl3N3. The molecule has 112 valence electrons. The molecule has 1 unspecified atom stereocenters. The molecule has 0 amide bonds. The first-order valence-electron chi connectivity index (χ1n) is 6.59. The van der Waals surface area contributed by atoms with Gasteiger partial charge < -0.3 is 11.1 Å². The van der Waals surface area contributed by atoms with Crippen LogP contribution in [0.2, 0.25) is 15.1 Å². The lowest BCUT2D eigenvalue weighted by Gasteiger charge is -2.20. The molecule has 0 aliphatic carbocycles. The topological polar surface area (TPSA) is 50.9 Å². The number of nitrogens with zero attached hydrogens (tertiary/aromatic N) is 1. The van der Waals surface area contributed by atoms with Gasteiger partial charge in [0.1, 0.15) is 5.82 Å². The summed E-state index contributed by atoms with van der Waals surface area (Å²) in [5, 5.41) is 5.05. The number of hydrogen-bond acceptors (Lipinski definition) is 3. The van der Waals surface area contributed by atoms with Gasteiger partial charge in [-0.2, -0.15) is 0 Å². The highest BCUT2D eigenvalue weighted by Gasteiger charge is 2.16. The van der Waals surface area contributed by atoms with E-state index in [-0.39, 0.29) is 6.04 Å². The third kappa shape index (κ3) is 4.24. The molecule has 1 heterocycles. The molecule has 1 atom stereocenters. The molecule has 2 aromatic rings. The molecule has 1 aromatic heterocycles. The van der Waals surface area contributed by atoms with Gasteiger partial charge in [0.2, 0.25) is 0 Å². The number of nitrogens with one attached hydrogen (secondary N) is 1. The number of aromatic nitrogens is 1. The average molecular weight is 345 g/mol. The van der Waals surface area contributed by atoms with E-state index in [1.807, 2.05) is 25.1 Å². The van der Waals surface area contributed by atoms with Gasteiger partial charge in [-0.15, -0.1) is 0 Å². The standard InChI is InChI=1S/C15H16Cl3N3/c1-2-20-14(11-7-10(16)8-21-15(11)19)6-9-3-4-12(17)13(18)5-9/h3-5,7-8,14,20H,2,6H2,1H3,(H2,19,21). The Kier molecular flexibility index (Phi) is 5.71. The number of benzene rings is 1. The van der Waals surface area contributed by atoms with E-state index >= 15 is 0 Å². The Hall–Kier alpha value is -1.00. The van der Waals surface area contributed by atoms with Crippen LogP contribution < -0.4 is 11.1 Å². The maximum absolute atomic E-state index is 6.07. The number of halogens is 3. The van der Waals surface area contributed by atoms with Crippen molar-refractivity contribution < 1.29 is 0 Å². The van der Waals surface area contributed by atoms with Crippen LogP contribution in [0.4, 0.5) is 5.82 Å². The monoisotopic (exact) mass is 343 g/mol. The highest BCUT2D eigenvalue weighted by atomic mass is 35.5. The molecule has 0 bridgehead atoms. The van der Waals surface area contributed by atoms with Gasteiger partial charge in [0.15, 0.2) is 0 Å². The Morgan fingerprint density at radius 2 is 1.95 bits per heavy atom. The van der Waals surface area contributed by atoms with Crippen molar-refractivity contribution in [3.8, 4) is 0 Å². The van der Waals surface area contributed by atoms with Crippen LogP contribution in [0.25, 0.3) is 0 Å². The third-order valence-electron chi connectivity index (χ3n) is 3.17. The van der Waals surface area contributed by atoms with Crippen LogP contribution in [0.15, 0.2) is 30.5 Å².